The molecule has 6 N–H and O–H groups in total. The van der Waals surface area contributed by atoms with Crippen LogP contribution in [0.3, 0.4) is 0 Å². The first-order valence-corrected chi connectivity index (χ1v) is 8.18. The Labute approximate surface area is 145 Å². The smallest absolute Gasteiger partial charge is 0.676 e. The molecular formula is C15H30CoN6-3. The zero-order valence-corrected chi connectivity index (χ0v) is 14.2. The van der Waals surface area contributed by atoms with Gasteiger partial charge in [0.1, 0.15) is 0 Å². The Morgan fingerprint density at radius 1 is 0.364 bits per heavy atom. The summed E-state index contributed by atoms with van der Waals surface area (Å²) in [4.78, 5) is 0. The Morgan fingerprint density at radius 3 is 0.545 bits per heavy atom. The SMILES string of the molecule is [Co+3].[NH-]C1CCCC1[NH-].[NH-]C1CCCC1[NH-].[NH-]C1CCCC1[NH-]. The first-order valence-electron chi connectivity index (χ1n) is 8.18. The first-order chi connectivity index (χ1) is 9.91. The second kappa shape index (κ2) is 11.7. The molecule has 0 saturated heterocycles. The van der Waals surface area contributed by atoms with Gasteiger partial charge >= 0.3 is 16.8 Å². The van der Waals surface area contributed by atoms with Crippen molar-refractivity contribution in [3.8, 4) is 0 Å². The summed E-state index contributed by atoms with van der Waals surface area (Å²) in [5.74, 6) is 0. The Bertz CT molecular complexity index is 214. The van der Waals surface area contributed by atoms with Gasteiger partial charge in [0.05, 0.1) is 0 Å². The fraction of sp³-hybridized carbons (Fsp3) is 1.00. The van der Waals surface area contributed by atoms with Crippen LogP contribution in [0.5, 0.6) is 0 Å². The molecule has 6 atom stereocenters. The van der Waals surface area contributed by atoms with Crippen molar-refractivity contribution in [3.63, 3.8) is 0 Å². The predicted octanol–water partition coefficient (Wildman–Crippen LogP) is 6.03. The maximum Gasteiger partial charge on any atom is 3.00 e. The monoisotopic (exact) mass is 353 g/mol. The Morgan fingerprint density at radius 2 is 0.500 bits per heavy atom. The van der Waals surface area contributed by atoms with Crippen LogP contribution in [0.15, 0.2) is 0 Å². The van der Waals surface area contributed by atoms with E-state index < -0.39 is 0 Å². The summed E-state index contributed by atoms with van der Waals surface area (Å²) in [6.07, 6.45) is 9.01. The minimum Gasteiger partial charge on any atom is -0.676 e. The van der Waals surface area contributed by atoms with Crippen LogP contribution < -0.4 is 0 Å². The van der Waals surface area contributed by atoms with Crippen molar-refractivity contribution in [1.82, 2.24) is 0 Å². The summed E-state index contributed by atoms with van der Waals surface area (Å²) in [7, 11) is 0. The maximum atomic E-state index is 7.15. The van der Waals surface area contributed by atoms with E-state index in [2.05, 4.69) is 0 Å². The van der Waals surface area contributed by atoms with Gasteiger partial charge in [-0.25, -0.2) is 0 Å². The predicted molar refractivity (Wildman–Crippen MR) is 90.2 cm³/mol. The van der Waals surface area contributed by atoms with E-state index in [0.29, 0.717) is 0 Å². The zero-order valence-electron chi connectivity index (χ0n) is 13.2. The van der Waals surface area contributed by atoms with E-state index in [9.17, 15) is 0 Å². The van der Waals surface area contributed by atoms with Crippen LogP contribution in [0.2, 0.25) is 0 Å². The molecule has 0 aromatic heterocycles. The molecule has 3 aliphatic carbocycles. The molecule has 132 valence electrons. The molecule has 0 heterocycles. The quantitative estimate of drug-likeness (QED) is 0.500. The number of hydrogen-bond donors (Lipinski definition) is 0. The Kier molecular flexibility index (Phi) is 11.9. The third-order valence-electron chi connectivity index (χ3n) is 4.55. The van der Waals surface area contributed by atoms with Crippen LogP contribution in [0.4, 0.5) is 0 Å². The third kappa shape index (κ3) is 8.21. The average molecular weight is 353 g/mol. The van der Waals surface area contributed by atoms with E-state index in [4.69, 9.17) is 34.4 Å². The van der Waals surface area contributed by atoms with Gasteiger partial charge in [-0.05, 0) is 0 Å². The molecule has 0 aliphatic heterocycles. The fourth-order valence-corrected chi connectivity index (χ4v) is 2.88. The molecule has 6 unspecified atom stereocenters. The molecule has 3 rings (SSSR count). The molecular weight excluding hydrogens is 323 g/mol. The van der Waals surface area contributed by atoms with E-state index in [0.717, 1.165) is 57.8 Å². The number of nitrogens with one attached hydrogen (secondary N) is 6. The minimum absolute atomic E-state index is 0. The first kappa shape index (κ1) is 22.3. The van der Waals surface area contributed by atoms with Gasteiger partial charge in [0.25, 0.3) is 0 Å². The largest absolute Gasteiger partial charge is 3.00 e. The standard InChI is InChI=1S/3C5H10N2.Co/c3*6-4-2-1-3-5(4)7;/h3*4-7H,1-3H2;/q3*-2;+3. The fourth-order valence-electron chi connectivity index (χ4n) is 2.88. The molecule has 7 heteroatoms. The molecule has 3 aliphatic rings. The van der Waals surface area contributed by atoms with Gasteiger partial charge in [0, 0.05) is 0 Å². The summed E-state index contributed by atoms with van der Waals surface area (Å²) in [6.45, 7) is 0. The van der Waals surface area contributed by atoms with Gasteiger partial charge < -0.3 is 34.4 Å². The van der Waals surface area contributed by atoms with E-state index in [1.54, 1.807) is 0 Å². The summed E-state index contributed by atoms with van der Waals surface area (Å²) in [6, 6.07) is -0.417. The van der Waals surface area contributed by atoms with Gasteiger partial charge in [0.15, 0.2) is 0 Å². The summed E-state index contributed by atoms with van der Waals surface area (Å²) >= 11 is 0. The van der Waals surface area contributed by atoms with Crippen LogP contribution >= 0.6 is 0 Å². The molecule has 0 amide bonds. The van der Waals surface area contributed by atoms with Gasteiger partial charge in [0.2, 0.25) is 0 Å². The molecule has 0 radical (unpaired) electrons. The van der Waals surface area contributed by atoms with Crippen molar-refractivity contribution in [3.05, 3.63) is 34.4 Å². The van der Waals surface area contributed by atoms with Crippen molar-refractivity contribution in [1.29, 1.82) is 0 Å². The van der Waals surface area contributed by atoms with E-state index in [1.165, 1.54) is 0 Å². The normalized spacial score (nSPS) is 40.1. The minimum atomic E-state index is -0.0694. The van der Waals surface area contributed by atoms with Gasteiger partial charge in [-0.2, -0.15) is 36.3 Å². The molecule has 0 aromatic rings. The summed E-state index contributed by atoms with van der Waals surface area (Å²) in [5.41, 5.74) is 42.9. The van der Waals surface area contributed by atoms with Gasteiger partial charge in [-0.1, -0.05) is 57.8 Å². The van der Waals surface area contributed by atoms with Gasteiger partial charge in [-0.15, -0.1) is 0 Å². The molecule has 3 saturated carbocycles. The molecule has 6 nitrogen and oxygen atoms in total. The van der Waals surface area contributed by atoms with Crippen LogP contribution in [-0.2, 0) is 16.8 Å². The maximum absolute atomic E-state index is 7.15. The molecule has 3 fully saturated rings. The summed E-state index contributed by atoms with van der Waals surface area (Å²) < 4.78 is 0. The number of rotatable bonds is 0. The number of hydrogen-bond acceptors (Lipinski definition) is 0. The van der Waals surface area contributed by atoms with Crippen molar-refractivity contribution in [2.24, 2.45) is 0 Å². The average Bonchev–Trinajstić information content (AvgIpc) is 3.11. The second-order valence-electron chi connectivity index (χ2n) is 6.43. The second-order valence-corrected chi connectivity index (χ2v) is 6.43. The van der Waals surface area contributed by atoms with Gasteiger partial charge in [-0.3, -0.25) is 0 Å². The summed E-state index contributed by atoms with van der Waals surface area (Å²) in [5, 5.41) is 0. The topological polar surface area (TPSA) is 143 Å². The van der Waals surface area contributed by atoms with E-state index in [-0.39, 0.29) is 53.0 Å². The van der Waals surface area contributed by atoms with E-state index in [1.807, 2.05) is 0 Å². The Balaban J connectivity index is 0.000000294. The molecule has 0 aromatic carbocycles. The molecule has 0 bridgehead atoms. The van der Waals surface area contributed by atoms with Crippen LogP contribution in [0, 0.1) is 0 Å². The van der Waals surface area contributed by atoms with Crippen molar-refractivity contribution < 1.29 is 16.8 Å². The third-order valence-corrected chi connectivity index (χ3v) is 4.55. The van der Waals surface area contributed by atoms with E-state index >= 15 is 0 Å². The van der Waals surface area contributed by atoms with Crippen LogP contribution in [-0.4, -0.2) is 36.3 Å². The van der Waals surface area contributed by atoms with Crippen molar-refractivity contribution in [2.75, 3.05) is 0 Å². The van der Waals surface area contributed by atoms with Crippen molar-refractivity contribution in [2.45, 2.75) is 94.0 Å². The van der Waals surface area contributed by atoms with Crippen molar-refractivity contribution >= 4 is 0 Å². The molecule has 22 heavy (non-hydrogen) atoms. The molecule has 0 spiro atoms. The van der Waals surface area contributed by atoms with Crippen LogP contribution in [0.25, 0.3) is 34.4 Å². The zero-order chi connectivity index (χ0) is 15.8. The van der Waals surface area contributed by atoms with Crippen LogP contribution in [0.1, 0.15) is 57.8 Å². The Hall–Kier alpha value is 0.266.